The first kappa shape index (κ1) is 15.2. The fourth-order valence-electron chi connectivity index (χ4n) is 2.34. The van der Waals surface area contributed by atoms with Crippen LogP contribution in [0.3, 0.4) is 0 Å². The van der Waals surface area contributed by atoms with Gasteiger partial charge in [0.25, 0.3) is 5.91 Å². The predicted octanol–water partition coefficient (Wildman–Crippen LogP) is 3.68. The molecule has 0 atom stereocenters. The van der Waals surface area contributed by atoms with Gasteiger partial charge >= 0.3 is 5.13 Å². The van der Waals surface area contributed by atoms with Crippen LogP contribution >= 0.6 is 11.3 Å². The first-order valence-corrected chi connectivity index (χ1v) is 8.12. The molecular formula is C18H18N3OS+. The molecule has 0 bridgehead atoms. The number of aryl methyl sites for hydroxylation is 2. The Morgan fingerprint density at radius 1 is 1.09 bits per heavy atom. The SMILES string of the molecule is Cc1ccc(NC(=O)c2sc(N)[nH+]c2-c2ccccc2)cc1C. The van der Waals surface area contributed by atoms with Crippen LogP contribution in [0.2, 0.25) is 0 Å². The van der Waals surface area contributed by atoms with Crippen LogP contribution in [0.4, 0.5) is 10.8 Å². The first-order chi connectivity index (χ1) is 11.0. The quantitative estimate of drug-likeness (QED) is 0.771. The van der Waals surface area contributed by atoms with E-state index in [4.69, 9.17) is 5.73 Å². The molecule has 0 radical (unpaired) electrons. The fraction of sp³-hybridized carbons (Fsp3) is 0.111. The monoisotopic (exact) mass is 324 g/mol. The van der Waals surface area contributed by atoms with Crippen LogP contribution in [0.1, 0.15) is 20.8 Å². The van der Waals surface area contributed by atoms with Gasteiger partial charge < -0.3 is 5.32 Å². The molecule has 0 fully saturated rings. The number of nitrogens with one attached hydrogen (secondary N) is 2. The normalized spacial score (nSPS) is 10.5. The van der Waals surface area contributed by atoms with Gasteiger partial charge in [0.15, 0.2) is 5.69 Å². The number of carbonyl (C=O) groups excluding carboxylic acids is 1. The Kier molecular flexibility index (Phi) is 4.12. The number of anilines is 2. The maximum absolute atomic E-state index is 12.6. The second-order valence-corrected chi connectivity index (χ2v) is 6.47. The Hall–Kier alpha value is -2.66. The molecular weight excluding hydrogens is 306 g/mol. The van der Waals surface area contributed by atoms with Crippen LogP contribution in [0.25, 0.3) is 11.3 Å². The molecule has 116 valence electrons. The maximum Gasteiger partial charge on any atom is 0.330 e. The molecule has 0 saturated heterocycles. The van der Waals surface area contributed by atoms with Crippen LogP contribution in [-0.4, -0.2) is 5.91 Å². The van der Waals surface area contributed by atoms with E-state index in [1.54, 1.807) is 0 Å². The Morgan fingerprint density at radius 3 is 2.52 bits per heavy atom. The summed E-state index contributed by atoms with van der Waals surface area (Å²) < 4.78 is 0. The van der Waals surface area contributed by atoms with E-state index in [1.165, 1.54) is 16.9 Å². The van der Waals surface area contributed by atoms with E-state index in [-0.39, 0.29) is 5.91 Å². The zero-order chi connectivity index (χ0) is 16.4. The summed E-state index contributed by atoms with van der Waals surface area (Å²) in [5.74, 6) is -0.162. The van der Waals surface area contributed by atoms with E-state index in [0.29, 0.717) is 10.0 Å². The van der Waals surface area contributed by atoms with Crippen molar-refractivity contribution >= 4 is 28.1 Å². The van der Waals surface area contributed by atoms with Crippen molar-refractivity contribution in [1.29, 1.82) is 0 Å². The van der Waals surface area contributed by atoms with Crippen LogP contribution in [-0.2, 0) is 0 Å². The van der Waals surface area contributed by atoms with Crippen molar-refractivity contribution in [1.82, 2.24) is 0 Å². The number of aromatic amines is 1. The molecule has 0 aliphatic heterocycles. The van der Waals surface area contributed by atoms with Crippen molar-refractivity contribution in [3.8, 4) is 11.3 Å². The van der Waals surface area contributed by atoms with Gasteiger partial charge in [-0.05, 0) is 48.4 Å². The molecule has 3 rings (SSSR count). The number of hydrogen-bond acceptors (Lipinski definition) is 3. The van der Waals surface area contributed by atoms with Crippen LogP contribution < -0.4 is 16.0 Å². The first-order valence-electron chi connectivity index (χ1n) is 7.30. The minimum Gasteiger partial charge on any atom is -0.321 e. The lowest BCUT2D eigenvalue weighted by Gasteiger charge is -2.07. The lowest BCUT2D eigenvalue weighted by molar-refractivity contribution is -0.340. The molecule has 0 aliphatic rings. The third-order valence-electron chi connectivity index (χ3n) is 3.72. The highest BCUT2D eigenvalue weighted by Crippen LogP contribution is 2.27. The Bertz CT molecular complexity index is 856. The van der Waals surface area contributed by atoms with E-state index in [9.17, 15) is 4.79 Å². The number of carbonyl (C=O) groups is 1. The van der Waals surface area contributed by atoms with Crippen molar-refractivity contribution in [3.63, 3.8) is 0 Å². The van der Waals surface area contributed by atoms with Gasteiger partial charge in [0.05, 0.1) is 0 Å². The molecule has 23 heavy (non-hydrogen) atoms. The van der Waals surface area contributed by atoms with Gasteiger partial charge in [-0.25, -0.2) is 4.98 Å². The second kappa shape index (κ2) is 6.22. The highest BCUT2D eigenvalue weighted by atomic mass is 32.1. The van der Waals surface area contributed by atoms with E-state index >= 15 is 0 Å². The zero-order valence-corrected chi connectivity index (χ0v) is 13.8. The highest BCUT2D eigenvalue weighted by molar-refractivity contribution is 7.17. The number of amides is 1. The van der Waals surface area contributed by atoms with Crippen molar-refractivity contribution in [2.75, 3.05) is 11.1 Å². The second-order valence-electron chi connectivity index (χ2n) is 5.41. The highest BCUT2D eigenvalue weighted by Gasteiger charge is 2.22. The Labute approximate surface area is 139 Å². The molecule has 0 aliphatic carbocycles. The van der Waals surface area contributed by atoms with Crippen LogP contribution in [0, 0.1) is 13.8 Å². The summed E-state index contributed by atoms with van der Waals surface area (Å²) in [6.07, 6.45) is 0. The zero-order valence-electron chi connectivity index (χ0n) is 13.0. The topological polar surface area (TPSA) is 69.3 Å². The molecule has 2 aromatic carbocycles. The summed E-state index contributed by atoms with van der Waals surface area (Å²) in [7, 11) is 0. The van der Waals surface area contributed by atoms with Gasteiger partial charge in [-0.15, -0.1) is 0 Å². The van der Waals surface area contributed by atoms with Crippen molar-refractivity contribution < 1.29 is 9.78 Å². The lowest BCUT2D eigenvalue weighted by Crippen LogP contribution is -2.14. The number of aromatic nitrogens is 1. The minimum atomic E-state index is -0.162. The number of rotatable bonds is 3. The number of nitrogens with two attached hydrogens (primary N) is 1. The molecule has 1 amide bonds. The average molecular weight is 324 g/mol. The summed E-state index contributed by atoms with van der Waals surface area (Å²) in [6, 6.07) is 15.6. The molecule has 4 nitrogen and oxygen atoms in total. The molecule has 0 spiro atoms. The third-order valence-corrected chi connectivity index (χ3v) is 4.64. The molecule has 5 heteroatoms. The fourth-order valence-corrected chi connectivity index (χ4v) is 3.13. The largest absolute Gasteiger partial charge is 0.330 e. The van der Waals surface area contributed by atoms with E-state index in [0.717, 1.165) is 22.5 Å². The number of nitrogen functional groups attached to an aromatic ring is 1. The van der Waals surface area contributed by atoms with E-state index in [2.05, 4.69) is 10.3 Å². The molecule has 3 aromatic rings. The number of H-pyrrole nitrogens is 1. The standard InChI is InChI=1S/C18H17N3OS/c1-11-8-9-14(10-12(11)2)20-17(22)16-15(21-18(19)23-16)13-6-4-3-5-7-13/h3-10H,1-2H3,(H2,19,21)(H,20,22)/p+1. The predicted molar refractivity (Wildman–Crippen MR) is 94.6 cm³/mol. The van der Waals surface area contributed by atoms with Gasteiger partial charge in [0, 0.05) is 11.3 Å². The van der Waals surface area contributed by atoms with Gasteiger partial charge in [-0.1, -0.05) is 36.4 Å². The van der Waals surface area contributed by atoms with E-state index < -0.39 is 0 Å². The van der Waals surface area contributed by atoms with Crippen LogP contribution in [0.15, 0.2) is 48.5 Å². The molecule has 4 N–H and O–H groups in total. The average Bonchev–Trinajstić information content (AvgIpc) is 2.94. The molecule has 0 saturated carbocycles. The minimum absolute atomic E-state index is 0.162. The summed E-state index contributed by atoms with van der Waals surface area (Å²) in [5, 5.41) is 3.45. The van der Waals surface area contributed by atoms with Crippen LogP contribution in [0.5, 0.6) is 0 Å². The molecule has 1 aromatic heterocycles. The van der Waals surface area contributed by atoms with Crippen molar-refractivity contribution in [2.45, 2.75) is 13.8 Å². The summed E-state index contributed by atoms with van der Waals surface area (Å²) in [4.78, 5) is 16.3. The lowest BCUT2D eigenvalue weighted by atomic mass is 10.1. The van der Waals surface area contributed by atoms with Crippen molar-refractivity contribution in [3.05, 3.63) is 64.5 Å². The maximum atomic E-state index is 12.6. The number of thiazole rings is 1. The van der Waals surface area contributed by atoms with Crippen molar-refractivity contribution in [2.24, 2.45) is 0 Å². The smallest absolute Gasteiger partial charge is 0.321 e. The van der Waals surface area contributed by atoms with Gasteiger partial charge in [-0.3, -0.25) is 10.5 Å². The van der Waals surface area contributed by atoms with Gasteiger partial charge in [0.2, 0.25) is 0 Å². The summed E-state index contributed by atoms with van der Waals surface area (Å²) >= 11 is 1.25. The summed E-state index contributed by atoms with van der Waals surface area (Å²) in [5.41, 5.74) is 10.7. The number of hydrogen-bond donors (Lipinski definition) is 2. The van der Waals surface area contributed by atoms with Gasteiger partial charge in [-0.2, -0.15) is 0 Å². The van der Waals surface area contributed by atoms with Gasteiger partial charge in [0.1, 0.15) is 4.88 Å². The third kappa shape index (κ3) is 3.24. The molecule has 1 heterocycles. The Balaban J connectivity index is 1.92. The Morgan fingerprint density at radius 2 is 1.83 bits per heavy atom. The molecule has 0 unspecified atom stereocenters. The van der Waals surface area contributed by atoms with E-state index in [1.807, 2.05) is 62.4 Å². The number of benzene rings is 2. The summed E-state index contributed by atoms with van der Waals surface area (Å²) in [6.45, 7) is 4.07.